The molecule has 2 saturated heterocycles. The fourth-order valence-corrected chi connectivity index (χ4v) is 3.55. The summed E-state index contributed by atoms with van der Waals surface area (Å²) >= 11 is 0. The van der Waals surface area contributed by atoms with Crippen molar-refractivity contribution in [3.63, 3.8) is 0 Å². The lowest BCUT2D eigenvalue weighted by Crippen LogP contribution is -2.49. The minimum atomic E-state index is -0.658. The maximum Gasteiger partial charge on any atom is 0.320 e. The van der Waals surface area contributed by atoms with Crippen LogP contribution in [0.5, 0.6) is 0 Å². The van der Waals surface area contributed by atoms with Gasteiger partial charge < -0.3 is 14.6 Å². The van der Waals surface area contributed by atoms with Crippen LogP contribution in [0, 0.1) is 0 Å². The van der Waals surface area contributed by atoms with Crippen molar-refractivity contribution in [3.05, 3.63) is 12.4 Å². The average Bonchev–Trinajstić information content (AvgIpc) is 3.07. The molecule has 6 heteroatoms. The van der Waals surface area contributed by atoms with E-state index in [1.54, 1.807) is 0 Å². The third-order valence-electron chi connectivity index (χ3n) is 4.59. The zero-order valence-electron chi connectivity index (χ0n) is 11.9. The van der Waals surface area contributed by atoms with E-state index in [-0.39, 0.29) is 6.04 Å². The maximum absolute atomic E-state index is 11.3. The Balaban J connectivity index is 1.61. The van der Waals surface area contributed by atoms with Crippen LogP contribution in [-0.4, -0.2) is 57.2 Å². The standard InChI is InChI=1S/C14H22N4O2/c1-16-10-6-15-14(16)17-8-4-11(5-9-17)18-7-2-3-12(18)13(19)20/h6,10-12H,2-5,7-9H2,1H3,(H,19,20). The van der Waals surface area contributed by atoms with Crippen molar-refractivity contribution < 1.29 is 9.90 Å². The molecule has 0 spiro atoms. The molecular weight excluding hydrogens is 256 g/mol. The molecule has 6 nitrogen and oxygen atoms in total. The molecule has 1 unspecified atom stereocenters. The summed E-state index contributed by atoms with van der Waals surface area (Å²) in [5.41, 5.74) is 0. The van der Waals surface area contributed by atoms with E-state index in [2.05, 4.69) is 14.8 Å². The van der Waals surface area contributed by atoms with Crippen LogP contribution in [0.1, 0.15) is 25.7 Å². The lowest BCUT2D eigenvalue weighted by atomic mass is 10.0. The number of aromatic nitrogens is 2. The van der Waals surface area contributed by atoms with Gasteiger partial charge in [0.2, 0.25) is 5.95 Å². The number of hydrogen-bond donors (Lipinski definition) is 1. The molecule has 2 aliphatic heterocycles. The van der Waals surface area contributed by atoms with Crippen LogP contribution in [-0.2, 0) is 11.8 Å². The molecule has 0 radical (unpaired) electrons. The van der Waals surface area contributed by atoms with E-state index in [0.717, 1.165) is 51.3 Å². The number of hydrogen-bond acceptors (Lipinski definition) is 4. The molecule has 0 aliphatic carbocycles. The summed E-state index contributed by atoms with van der Waals surface area (Å²) in [7, 11) is 2.01. The number of carboxylic acids is 1. The SMILES string of the molecule is Cn1ccnc1N1CCC(N2CCCC2C(=O)O)CC1. The van der Waals surface area contributed by atoms with Crippen molar-refractivity contribution in [1.82, 2.24) is 14.5 Å². The average molecular weight is 278 g/mol. The van der Waals surface area contributed by atoms with Crippen LogP contribution < -0.4 is 4.90 Å². The summed E-state index contributed by atoms with van der Waals surface area (Å²) < 4.78 is 2.04. The van der Waals surface area contributed by atoms with Crippen molar-refractivity contribution in [2.75, 3.05) is 24.5 Å². The Morgan fingerprint density at radius 2 is 2.05 bits per heavy atom. The van der Waals surface area contributed by atoms with Gasteiger partial charge in [0.05, 0.1) is 0 Å². The van der Waals surface area contributed by atoms with E-state index in [1.165, 1.54) is 0 Å². The Kier molecular flexibility index (Phi) is 3.65. The molecule has 0 saturated carbocycles. The Morgan fingerprint density at radius 1 is 1.30 bits per heavy atom. The summed E-state index contributed by atoms with van der Waals surface area (Å²) in [5.74, 6) is 0.355. The van der Waals surface area contributed by atoms with Crippen LogP contribution in [0.3, 0.4) is 0 Å². The minimum absolute atomic E-state index is 0.264. The highest BCUT2D eigenvalue weighted by molar-refractivity contribution is 5.73. The fourth-order valence-electron chi connectivity index (χ4n) is 3.55. The van der Waals surface area contributed by atoms with E-state index in [1.807, 2.05) is 24.0 Å². The number of anilines is 1. The van der Waals surface area contributed by atoms with E-state index < -0.39 is 5.97 Å². The van der Waals surface area contributed by atoms with Crippen molar-refractivity contribution in [3.8, 4) is 0 Å². The molecule has 1 N–H and O–H groups in total. The van der Waals surface area contributed by atoms with Crippen molar-refractivity contribution in [2.45, 2.75) is 37.8 Å². The van der Waals surface area contributed by atoms with E-state index >= 15 is 0 Å². The second-order valence-electron chi connectivity index (χ2n) is 5.79. The number of imidazole rings is 1. The highest BCUT2D eigenvalue weighted by atomic mass is 16.4. The summed E-state index contributed by atoms with van der Waals surface area (Å²) in [6, 6.07) is 0.148. The minimum Gasteiger partial charge on any atom is -0.480 e. The maximum atomic E-state index is 11.3. The number of carboxylic acid groups (broad SMARTS) is 1. The molecular formula is C14H22N4O2. The molecule has 1 atom stereocenters. The van der Waals surface area contributed by atoms with Crippen LogP contribution >= 0.6 is 0 Å². The van der Waals surface area contributed by atoms with Crippen LogP contribution in [0.4, 0.5) is 5.95 Å². The molecule has 0 bridgehead atoms. The highest BCUT2D eigenvalue weighted by Gasteiger charge is 2.36. The molecule has 1 aromatic rings. The van der Waals surface area contributed by atoms with Gasteiger partial charge in [-0.1, -0.05) is 0 Å². The van der Waals surface area contributed by atoms with Crippen molar-refractivity contribution in [2.24, 2.45) is 7.05 Å². The number of piperidine rings is 1. The van der Waals surface area contributed by atoms with Gasteiger partial charge in [-0.2, -0.15) is 0 Å². The molecule has 2 fully saturated rings. The Labute approximate surface area is 119 Å². The highest BCUT2D eigenvalue weighted by Crippen LogP contribution is 2.27. The number of aryl methyl sites for hydroxylation is 1. The quantitative estimate of drug-likeness (QED) is 0.891. The summed E-state index contributed by atoms with van der Waals surface area (Å²) in [4.78, 5) is 20.2. The largest absolute Gasteiger partial charge is 0.480 e. The summed E-state index contributed by atoms with van der Waals surface area (Å²) in [5, 5.41) is 9.29. The number of aliphatic carboxylic acids is 1. The van der Waals surface area contributed by atoms with Gasteiger partial charge in [0, 0.05) is 38.6 Å². The molecule has 20 heavy (non-hydrogen) atoms. The fraction of sp³-hybridized carbons (Fsp3) is 0.714. The first kappa shape index (κ1) is 13.4. The van der Waals surface area contributed by atoms with Gasteiger partial charge in [-0.3, -0.25) is 9.69 Å². The number of nitrogens with zero attached hydrogens (tertiary/aromatic N) is 4. The summed E-state index contributed by atoms with van der Waals surface area (Å²) in [6.07, 6.45) is 7.64. The molecule has 1 aromatic heterocycles. The van der Waals surface area contributed by atoms with Gasteiger partial charge in [0.1, 0.15) is 6.04 Å². The van der Waals surface area contributed by atoms with Crippen LogP contribution in [0.25, 0.3) is 0 Å². The van der Waals surface area contributed by atoms with Crippen molar-refractivity contribution >= 4 is 11.9 Å². The van der Waals surface area contributed by atoms with E-state index in [4.69, 9.17) is 0 Å². The number of carbonyl (C=O) groups is 1. The zero-order valence-corrected chi connectivity index (χ0v) is 11.9. The van der Waals surface area contributed by atoms with Gasteiger partial charge in [0.15, 0.2) is 0 Å². The molecule has 3 heterocycles. The molecule has 0 amide bonds. The molecule has 0 aromatic carbocycles. The van der Waals surface area contributed by atoms with Gasteiger partial charge in [-0.25, -0.2) is 4.98 Å². The van der Waals surface area contributed by atoms with Crippen molar-refractivity contribution in [1.29, 1.82) is 0 Å². The molecule has 110 valence electrons. The first-order valence-electron chi connectivity index (χ1n) is 7.37. The van der Waals surface area contributed by atoms with E-state index in [0.29, 0.717) is 6.04 Å². The second kappa shape index (κ2) is 5.44. The lowest BCUT2D eigenvalue weighted by Gasteiger charge is -2.38. The molecule has 2 aliphatic rings. The normalized spacial score (nSPS) is 25.2. The third-order valence-corrected chi connectivity index (χ3v) is 4.59. The predicted octanol–water partition coefficient (Wildman–Crippen LogP) is 0.938. The number of rotatable bonds is 3. The summed E-state index contributed by atoms with van der Waals surface area (Å²) in [6.45, 7) is 2.85. The van der Waals surface area contributed by atoms with Crippen LogP contribution in [0.2, 0.25) is 0 Å². The Hall–Kier alpha value is -1.56. The predicted molar refractivity (Wildman–Crippen MR) is 75.8 cm³/mol. The molecule has 3 rings (SSSR count). The lowest BCUT2D eigenvalue weighted by molar-refractivity contribution is -0.143. The first-order valence-corrected chi connectivity index (χ1v) is 7.37. The third kappa shape index (κ3) is 2.40. The monoisotopic (exact) mass is 278 g/mol. The Bertz CT molecular complexity index is 479. The Morgan fingerprint density at radius 3 is 2.65 bits per heavy atom. The van der Waals surface area contributed by atoms with Gasteiger partial charge in [-0.05, 0) is 32.2 Å². The first-order chi connectivity index (χ1) is 9.66. The van der Waals surface area contributed by atoms with Crippen LogP contribution in [0.15, 0.2) is 12.4 Å². The second-order valence-corrected chi connectivity index (χ2v) is 5.79. The van der Waals surface area contributed by atoms with Gasteiger partial charge in [-0.15, -0.1) is 0 Å². The topological polar surface area (TPSA) is 61.6 Å². The number of likely N-dealkylation sites (tertiary alicyclic amines) is 1. The smallest absolute Gasteiger partial charge is 0.320 e. The zero-order chi connectivity index (χ0) is 14.1. The van der Waals surface area contributed by atoms with Gasteiger partial charge >= 0.3 is 5.97 Å². The van der Waals surface area contributed by atoms with E-state index in [9.17, 15) is 9.90 Å². The van der Waals surface area contributed by atoms with Gasteiger partial charge in [0.25, 0.3) is 0 Å².